The normalized spacial score (nSPS) is 10.3. The number of aromatic nitrogens is 2. The minimum Gasteiger partial charge on any atom is -0.490 e. The molecule has 1 heterocycles. The second-order valence-electron chi connectivity index (χ2n) is 3.73. The Kier molecular flexibility index (Phi) is 3.72. The van der Waals surface area contributed by atoms with Crippen molar-refractivity contribution in [2.24, 2.45) is 0 Å². The van der Waals surface area contributed by atoms with Crippen LogP contribution in [-0.2, 0) is 0 Å². The van der Waals surface area contributed by atoms with E-state index in [0.29, 0.717) is 19.0 Å². The van der Waals surface area contributed by atoms with Crippen molar-refractivity contribution in [1.82, 2.24) is 10.2 Å². The van der Waals surface area contributed by atoms with Gasteiger partial charge in [0.1, 0.15) is 5.82 Å². The van der Waals surface area contributed by atoms with Gasteiger partial charge in [0, 0.05) is 11.6 Å². The maximum atomic E-state index is 5.59. The fraction of sp³-hybridized carbons (Fsp3) is 0.308. The van der Waals surface area contributed by atoms with Crippen LogP contribution in [0.15, 0.2) is 24.3 Å². The SMILES string of the molecule is CCOc1ccc(-c2cc(N)n[nH]2)cc1OCC. The lowest BCUT2D eigenvalue weighted by molar-refractivity contribution is 0.288. The highest BCUT2D eigenvalue weighted by molar-refractivity contribution is 5.65. The molecular weight excluding hydrogens is 230 g/mol. The zero-order valence-electron chi connectivity index (χ0n) is 10.6. The molecule has 18 heavy (non-hydrogen) atoms. The summed E-state index contributed by atoms with van der Waals surface area (Å²) in [6, 6.07) is 7.54. The molecule has 0 aliphatic carbocycles. The van der Waals surface area contributed by atoms with Crippen LogP contribution in [0.2, 0.25) is 0 Å². The van der Waals surface area contributed by atoms with E-state index in [-0.39, 0.29) is 0 Å². The number of nitrogens with zero attached hydrogens (tertiary/aromatic N) is 1. The number of benzene rings is 1. The highest BCUT2D eigenvalue weighted by atomic mass is 16.5. The molecule has 0 radical (unpaired) electrons. The fourth-order valence-electron chi connectivity index (χ4n) is 1.70. The Morgan fingerprint density at radius 1 is 1.11 bits per heavy atom. The van der Waals surface area contributed by atoms with Crippen LogP contribution in [0, 0.1) is 0 Å². The third-order valence-electron chi connectivity index (χ3n) is 2.45. The molecule has 0 aliphatic heterocycles. The number of ether oxygens (including phenoxy) is 2. The number of H-pyrrole nitrogens is 1. The first-order chi connectivity index (χ1) is 8.74. The van der Waals surface area contributed by atoms with Gasteiger partial charge in [-0.15, -0.1) is 0 Å². The molecule has 0 unspecified atom stereocenters. The van der Waals surface area contributed by atoms with Gasteiger partial charge in [0.25, 0.3) is 0 Å². The van der Waals surface area contributed by atoms with Crippen molar-refractivity contribution in [1.29, 1.82) is 0 Å². The summed E-state index contributed by atoms with van der Waals surface area (Å²) >= 11 is 0. The Morgan fingerprint density at radius 3 is 2.44 bits per heavy atom. The van der Waals surface area contributed by atoms with Gasteiger partial charge in [-0.2, -0.15) is 5.10 Å². The Morgan fingerprint density at radius 2 is 1.83 bits per heavy atom. The van der Waals surface area contributed by atoms with E-state index >= 15 is 0 Å². The van der Waals surface area contributed by atoms with E-state index in [0.717, 1.165) is 22.8 Å². The third kappa shape index (κ3) is 2.56. The lowest BCUT2D eigenvalue weighted by atomic mass is 10.1. The lowest BCUT2D eigenvalue weighted by Crippen LogP contribution is -1.98. The van der Waals surface area contributed by atoms with E-state index in [1.807, 2.05) is 32.0 Å². The average Bonchev–Trinajstić information content (AvgIpc) is 2.79. The van der Waals surface area contributed by atoms with Gasteiger partial charge < -0.3 is 15.2 Å². The van der Waals surface area contributed by atoms with E-state index in [9.17, 15) is 0 Å². The first-order valence-electron chi connectivity index (χ1n) is 5.95. The lowest BCUT2D eigenvalue weighted by Gasteiger charge is -2.11. The number of hydrogen-bond donors (Lipinski definition) is 2. The summed E-state index contributed by atoms with van der Waals surface area (Å²) in [4.78, 5) is 0. The van der Waals surface area contributed by atoms with Crippen LogP contribution >= 0.6 is 0 Å². The first-order valence-corrected chi connectivity index (χ1v) is 5.95. The highest BCUT2D eigenvalue weighted by Crippen LogP contribution is 2.32. The molecule has 0 atom stereocenters. The van der Waals surface area contributed by atoms with Crippen LogP contribution in [0.1, 0.15) is 13.8 Å². The maximum absolute atomic E-state index is 5.59. The van der Waals surface area contributed by atoms with E-state index < -0.39 is 0 Å². The Bertz CT molecular complexity index is 523. The van der Waals surface area contributed by atoms with Gasteiger partial charge in [-0.25, -0.2) is 0 Å². The predicted molar refractivity (Wildman–Crippen MR) is 70.8 cm³/mol. The average molecular weight is 247 g/mol. The van der Waals surface area contributed by atoms with Crippen LogP contribution in [-0.4, -0.2) is 23.4 Å². The summed E-state index contributed by atoms with van der Waals surface area (Å²) in [5, 5.41) is 6.78. The minimum absolute atomic E-state index is 0.469. The highest BCUT2D eigenvalue weighted by Gasteiger charge is 2.08. The summed E-state index contributed by atoms with van der Waals surface area (Å²) in [6.45, 7) is 5.08. The number of anilines is 1. The molecule has 96 valence electrons. The summed E-state index contributed by atoms with van der Waals surface area (Å²) < 4.78 is 11.1. The monoisotopic (exact) mass is 247 g/mol. The molecule has 2 rings (SSSR count). The van der Waals surface area contributed by atoms with E-state index in [2.05, 4.69) is 10.2 Å². The zero-order valence-corrected chi connectivity index (χ0v) is 10.6. The van der Waals surface area contributed by atoms with Crippen molar-refractivity contribution >= 4 is 5.82 Å². The molecule has 0 saturated carbocycles. The van der Waals surface area contributed by atoms with Gasteiger partial charge in [0.05, 0.1) is 18.9 Å². The molecular formula is C13H17N3O2. The second kappa shape index (κ2) is 5.44. The van der Waals surface area contributed by atoms with Crippen molar-refractivity contribution in [3.8, 4) is 22.8 Å². The molecule has 0 fully saturated rings. The Hall–Kier alpha value is -2.17. The number of nitrogens with two attached hydrogens (primary N) is 1. The first kappa shape index (κ1) is 12.3. The Labute approximate surface area is 106 Å². The van der Waals surface area contributed by atoms with Crippen molar-refractivity contribution in [3.63, 3.8) is 0 Å². The number of hydrogen-bond acceptors (Lipinski definition) is 4. The molecule has 0 amide bonds. The van der Waals surface area contributed by atoms with Crippen molar-refractivity contribution in [2.75, 3.05) is 18.9 Å². The van der Waals surface area contributed by atoms with Gasteiger partial charge in [0.2, 0.25) is 0 Å². The van der Waals surface area contributed by atoms with E-state index in [1.54, 1.807) is 6.07 Å². The molecule has 0 bridgehead atoms. The zero-order chi connectivity index (χ0) is 13.0. The van der Waals surface area contributed by atoms with Crippen LogP contribution < -0.4 is 15.2 Å². The molecule has 2 aromatic rings. The third-order valence-corrected chi connectivity index (χ3v) is 2.45. The molecule has 5 heteroatoms. The molecule has 3 N–H and O–H groups in total. The molecule has 0 saturated heterocycles. The molecule has 0 spiro atoms. The van der Waals surface area contributed by atoms with Crippen LogP contribution in [0.3, 0.4) is 0 Å². The van der Waals surface area contributed by atoms with Crippen molar-refractivity contribution < 1.29 is 9.47 Å². The van der Waals surface area contributed by atoms with E-state index in [4.69, 9.17) is 15.2 Å². The van der Waals surface area contributed by atoms with Gasteiger partial charge in [-0.3, -0.25) is 5.10 Å². The van der Waals surface area contributed by atoms with Gasteiger partial charge >= 0.3 is 0 Å². The topological polar surface area (TPSA) is 73.2 Å². The number of rotatable bonds is 5. The second-order valence-corrected chi connectivity index (χ2v) is 3.73. The quantitative estimate of drug-likeness (QED) is 0.851. The molecule has 1 aromatic heterocycles. The maximum Gasteiger partial charge on any atom is 0.161 e. The predicted octanol–water partition coefficient (Wildman–Crippen LogP) is 2.46. The fourth-order valence-corrected chi connectivity index (χ4v) is 1.70. The summed E-state index contributed by atoms with van der Waals surface area (Å²) in [5.74, 6) is 1.94. The smallest absolute Gasteiger partial charge is 0.161 e. The summed E-state index contributed by atoms with van der Waals surface area (Å²) in [7, 11) is 0. The Balaban J connectivity index is 2.35. The van der Waals surface area contributed by atoms with Gasteiger partial charge in [-0.05, 0) is 32.0 Å². The molecule has 0 aliphatic rings. The van der Waals surface area contributed by atoms with Gasteiger partial charge in [0.15, 0.2) is 11.5 Å². The van der Waals surface area contributed by atoms with E-state index in [1.165, 1.54) is 0 Å². The van der Waals surface area contributed by atoms with Crippen molar-refractivity contribution in [2.45, 2.75) is 13.8 Å². The largest absolute Gasteiger partial charge is 0.490 e. The standard InChI is InChI=1S/C13H17N3O2/c1-3-17-11-6-5-9(7-12(11)18-4-2)10-8-13(14)16-15-10/h5-8H,3-4H2,1-2H3,(H3,14,15,16). The summed E-state index contributed by atoms with van der Waals surface area (Å²) in [5.41, 5.74) is 7.41. The molecule has 5 nitrogen and oxygen atoms in total. The van der Waals surface area contributed by atoms with Gasteiger partial charge in [-0.1, -0.05) is 0 Å². The van der Waals surface area contributed by atoms with Crippen LogP contribution in [0.4, 0.5) is 5.82 Å². The van der Waals surface area contributed by atoms with Crippen molar-refractivity contribution in [3.05, 3.63) is 24.3 Å². The number of nitrogen functional groups attached to an aromatic ring is 1. The summed E-state index contributed by atoms with van der Waals surface area (Å²) in [6.07, 6.45) is 0. The van der Waals surface area contributed by atoms with Crippen LogP contribution in [0.5, 0.6) is 11.5 Å². The number of aromatic amines is 1. The minimum atomic E-state index is 0.469. The number of nitrogens with one attached hydrogen (secondary N) is 1. The molecule has 1 aromatic carbocycles. The van der Waals surface area contributed by atoms with Crippen LogP contribution in [0.25, 0.3) is 11.3 Å².